The fourth-order valence-electron chi connectivity index (χ4n) is 8.22. The minimum absolute atomic E-state index is 0.427. The van der Waals surface area contributed by atoms with E-state index in [0.717, 1.165) is 29.6 Å². The molecular weight excluding hydrogens is 326 g/mol. The Bertz CT molecular complexity index is 563. The number of hydrogen-bond acceptors (Lipinski definition) is 1. The summed E-state index contributed by atoms with van der Waals surface area (Å²) in [6.07, 6.45) is 19.7. The molecule has 27 heavy (non-hydrogen) atoms. The van der Waals surface area contributed by atoms with E-state index in [-0.39, 0.29) is 0 Å². The van der Waals surface area contributed by atoms with E-state index in [1.54, 1.807) is 5.57 Å². The first-order valence-electron chi connectivity index (χ1n) is 12.3. The number of unbranched alkanes of at least 4 members (excludes halogenated alkanes) is 1. The molecule has 3 fully saturated rings. The van der Waals surface area contributed by atoms with E-state index in [0.29, 0.717) is 16.9 Å². The minimum atomic E-state index is 0.427. The second-order valence-corrected chi connectivity index (χ2v) is 11.8. The van der Waals surface area contributed by atoms with Gasteiger partial charge in [-0.15, -0.1) is 0 Å². The van der Waals surface area contributed by atoms with E-state index in [2.05, 4.69) is 33.8 Å². The Balaban J connectivity index is 1.46. The molecule has 1 heteroatoms. The second kappa shape index (κ2) is 7.51. The van der Waals surface area contributed by atoms with Crippen molar-refractivity contribution in [2.45, 2.75) is 111 Å². The van der Waals surface area contributed by atoms with Gasteiger partial charge in [0.1, 0.15) is 0 Å². The van der Waals surface area contributed by atoms with Crippen LogP contribution in [0.25, 0.3) is 0 Å². The monoisotopic (exact) mass is 371 g/mol. The summed E-state index contributed by atoms with van der Waals surface area (Å²) in [5, 5.41) is 0. The highest BCUT2D eigenvalue weighted by molar-refractivity contribution is 5.25. The molecule has 1 nitrogen and oxygen atoms in total. The first-order chi connectivity index (χ1) is 12.8. The fourth-order valence-corrected chi connectivity index (χ4v) is 8.22. The van der Waals surface area contributed by atoms with E-state index in [9.17, 15) is 0 Å². The third-order valence-electron chi connectivity index (χ3n) is 9.92. The third kappa shape index (κ3) is 3.45. The summed E-state index contributed by atoms with van der Waals surface area (Å²) in [5.41, 5.74) is 9.20. The Morgan fingerprint density at radius 3 is 2.63 bits per heavy atom. The average Bonchev–Trinajstić information content (AvgIpc) is 2.96. The summed E-state index contributed by atoms with van der Waals surface area (Å²) < 4.78 is 0. The van der Waals surface area contributed by atoms with E-state index >= 15 is 0 Å². The lowest BCUT2D eigenvalue weighted by molar-refractivity contribution is -0.0434. The first kappa shape index (κ1) is 20.0. The summed E-state index contributed by atoms with van der Waals surface area (Å²) in [5.74, 6) is 4.79. The van der Waals surface area contributed by atoms with E-state index in [1.807, 2.05) is 0 Å². The smallest absolute Gasteiger partial charge is 0.00766 e. The highest BCUT2D eigenvalue weighted by Gasteiger charge is 2.58. The minimum Gasteiger partial charge on any atom is -0.327 e. The van der Waals surface area contributed by atoms with Crippen LogP contribution in [-0.2, 0) is 0 Å². The van der Waals surface area contributed by atoms with Crippen LogP contribution in [0.1, 0.15) is 105 Å². The molecule has 154 valence electrons. The Morgan fingerprint density at radius 1 is 1.04 bits per heavy atom. The number of nitrogens with two attached hydrogens (primary N) is 1. The zero-order valence-corrected chi connectivity index (χ0v) is 18.6. The molecule has 0 spiro atoms. The lowest BCUT2D eigenvalue weighted by Crippen LogP contribution is -2.51. The largest absolute Gasteiger partial charge is 0.327 e. The molecule has 3 saturated carbocycles. The van der Waals surface area contributed by atoms with Gasteiger partial charge in [-0.3, -0.25) is 0 Å². The van der Waals surface area contributed by atoms with Crippen LogP contribution in [0.15, 0.2) is 11.6 Å². The molecule has 0 aliphatic heterocycles. The van der Waals surface area contributed by atoms with Gasteiger partial charge in [-0.1, -0.05) is 58.6 Å². The van der Waals surface area contributed by atoms with E-state index in [4.69, 9.17) is 5.73 Å². The van der Waals surface area contributed by atoms with Crippen LogP contribution in [0.2, 0.25) is 0 Å². The van der Waals surface area contributed by atoms with Crippen molar-refractivity contribution in [2.24, 2.45) is 46.2 Å². The van der Waals surface area contributed by atoms with Crippen molar-refractivity contribution in [3.05, 3.63) is 11.6 Å². The fraction of sp³-hybridized carbons (Fsp3) is 0.923. The Hall–Kier alpha value is -0.300. The van der Waals surface area contributed by atoms with Gasteiger partial charge in [-0.05, 0) is 98.2 Å². The van der Waals surface area contributed by atoms with Gasteiger partial charge in [0.05, 0.1) is 0 Å². The summed E-state index contributed by atoms with van der Waals surface area (Å²) in [6, 6.07) is 0.427. The Morgan fingerprint density at radius 2 is 1.85 bits per heavy atom. The number of hydrogen-bond donors (Lipinski definition) is 1. The van der Waals surface area contributed by atoms with Gasteiger partial charge in [0.15, 0.2) is 0 Å². The Kier molecular flexibility index (Phi) is 5.56. The van der Waals surface area contributed by atoms with Crippen molar-refractivity contribution < 1.29 is 0 Å². The van der Waals surface area contributed by atoms with Gasteiger partial charge in [-0.25, -0.2) is 0 Å². The maximum absolute atomic E-state index is 6.33. The molecule has 5 unspecified atom stereocenters. The maximum Gasteiger partial charge on any atom is 0.00766 e. The van der Waals surface area contributed by atoms with Crippen LogP contribution >= 0.6 is 0 Å². The quantitative estimate of drug-likeness (QED) is 0.404. The van der Waals surface area contributed by atoms with Crippen molar-refractivity contribution in [2.75, 3.05) is 0 Å². The summed E-state index contributed by atoms with van der Waals surface area (Å²) in [7, 11) is 0. The van der Waals surface area contributed by atoms with Crippen LogP contribution in [-0.4, -0.2) is 6.04 Å². The molecular formula is C26H45N. The highest BCUT2D eigenvalue weighted by atomic mass is 14.7. The van der Waals surface area contributed by atoms with Crippen LogP contribution in [0.3, 0.4) is 0 Å². The molecule has 2 N–H and O–H groups in total. The van der Waals surface area contributed by atoms with Gasteiger partial charge in [0, 0.05) is 6.04 Å². The molecule has 4 aliphatic rings. The standard InChI is InChI=1S/C26H45N/c1-18(2)7-5-6-8-19-10-12-23-22-11-9-20-17-21(27)13-15-26(20,4)24(22)14-16-25(19,23)3/h9,18-19,21-24H,5-8,10-17,27H2,1-4H3/t19-,21+,22?,23?,24?,25?,26?/m0/s1. The zero-order valence-electron chi connectivity index (χ0n) is 18.6. The average molecular weight is 372 g/mol. The van der Waals surface area contributed by atoms with E-state index < -0.39 is 0 Å². The Labute approximate surface area is 168 Å². The molecule has 0 radical (unpaired) electrons. The molecule has 4 aliphatic carbocycles. The van der Waals surface area contributed by atoms with Crippen molar-refractivity contribution >= 4 is 0 Å². The lowest BCUT2D eigenvalue weighted by atomic mass is 9.47. The summed E-state index contributed by atoms with van der Waals surface area (Å²) >= 11 is 0. The number of allylic oxidation sites excluding steroid dienone is 1. The predicted octanol–water partition coefficient (Wildman–Crippen LogP) is 7.11. The van der Waals surface area contributed by atoms with Crippen LogP contribution in [0, 0.1) is 40.4 Å². The molecule has 0 heterocycles. The summed E-state index contributed by atoms with van der Waals surface area (Å²) in [4.78, 5) is 0. The normalized spacial score (nSPS) is 46.6. The second-order valence-electron chi connectivity index (χ2n) is 11.8. The van der Waals surface area contributed by atoms with Gasteiger partial charge in [0.25, 0.3) is 0 Å². The third-order valence-corrected chi connectivity index (χ3v) is 9.92. The van der Waals surface area contributed by atoms with Crippen LogP contribution in [0.4, 0.5) is 0 Å². The first-order valence-corrected chi connectivity index (χ1v) is 12.3. The van der Waals surface area contributed by atoms with Crippen molar-refractivity contribution in [1.82, 2.24) is 0 Å². The molecule has 0 aromatic rings. The van der Waals surface area contributed by atoms with Gasteiger partial charge in [-0.2, -0.15) is 0 Å². The highest BCUT2D eigenvalue weighted by Crippen LogP contribution is 2.66. The molecule has 0 bridgehead atoms. The zero-order chi connectivity index (χ0) is 19.2. The topological polar surface area (TPSA) is 26.0 Å². The van der Waals surface area contributed by atoms with Crippen molar-refractivity contribution in [1.29, 1.82) is 0 Å². The SMILES string of the molecule is CC(C)CCCC[C@H]1CCC2C3CC=C4C[C@H](N)CCC4(C)C3CCC21C. The lowest BCUT2D eigenvalue weighted by Gasteiger charge is -2.58. The molecule has 4 rings (SSSR count). The predicted molar refractivity (Wildman–Crippen MR) is 116 cm³/mol. The molecule has 0 aromatic carbocycles. The number of fused-ring (bicyclic) bond motifs is 5. The molecule has 0 amide bonds. The van der Waals surface area contributed by atoms with Crippen molar-refractivity contribution in [3.63, 3.8) is 0 Å². The number of rotatable bonds is 5. The van der Waals surface area contributed by atoms with Crippen LogP contribution < -0.4 is 5.73 Å². The summed E-state index contributed by atoms with van der Waals surface area (Å²) in [6.45, 7) is 10.1. The molecule has 0 aromatic heterocycles. The van der Waals surface area contributed by atoms with E-state index in [1.165, 1.54) is 77.0 Å². The maximum atomic E-state index is 6.33. The van der Waals surface area contributed by atoms with Gasteiger partial charge < -0.3 is 5.73 Å². The van der Waals surface area contributed by atoms with Crippen molar-refractivity contribution in [3.8, 4) is 0 Å². The van der Waals surface area contributed by atoms with Gasteiger partial charge >= 0.3 is 0 Å². The van der Waals surface area contributed by atoms with Crippen LogP contribution in [0.5, 0.6) is 0 Å². The van der Waals surface area contributed by atoms with Gasteiger partial charge in [0.2, 0.25) is 0 Å². The molecule has 0 saturated heterocycles. The molecule has 7 atom stereocenters.